The Morgan fingerprint density at radius 1 is 0.900 bits per heavy atom. The average molecular weight is 290 g/mol. The van der Waals surface area contributed by atoms with Gasteiger partial charge in [0.1, 0.15) is 0 Å². The second kappa shape index (κ2) is 8.51. The Hall–Kier alpha value is -1.64. The van der Waals surface area contributed by atoms with Crippen molar-refractivity contribution in [1.82, 2.24) is 4.90 Å². The highest BCUT2D eigenvalue weighted by molar-refractivity contribution is 6.15. The molecule has 0 aliphatic rings. The van der Waals surface area contributed by atoms with E-state index in [1.54, 1.807) is 0 Å². The van der Waals surface area contributed by atoms with E-state index in [1.807, 2.05) is 68.7 Å². The number of hydrogen-bond acceptors (Lipinski definition) is 2. The van der Waals surface area contributed by atoms with Crippen molar-refractivity contribution in [2.45, 2.75) is 6.54 Å². The van der Waals surface area contributed by atoms with Crippen LogP contribution in [0.2, 0.25) is 0 Å². The van der Waals surface area contributed by atoms with E-state index < -0.39 is 0 Å². The molecule has 2 aromatic rings. The van der Waals surface area contributed by atoms with Crippen molar-refractivity contribution >= 4 is 17.4 Å². The predicted octanol–water partition coefficient (Wildman–Crippen LogP) is 3.83. The number of nitrogens with zero attached hydrogens (tertiary/aromatic N) is 1. The number of hydrogen-bond donors (Lipinski definition) is 0. The maximum absolute atomic E-state index is 12.2. The average Bonchev–Trinajstić information content (AvgIpc) is 2.50. The summed E-state index contributed by atoms with van der Waals surface area (Å²) in [7, 11) is 4.06. The predicted molar refractivity (Wildman–Crippen MR) is 85.5 cm³/mol. The standard InChI is InChI=1S/C16H17NO.CH3Cl/c1-17(2)12-13-8-10-15(11-9-13)16(18)14-6-4-3-5-7-14;1-2/h3-11H,12H2,1-2H3;1H3. The molecule has 0 atom stereocenters. The van der Waals surface area contributed by atoms with E-state index in [0.717, 1.165) is 17.7 Å². The van der Waals surface area contributed by atoms with E-state index >= 15 is 0 Å². The Morgan fingerprint density at radius 2 is 1.40 bits per heavy atom. The van der Waals surface area contributed by atoms with Gasteiger partial charge in [0.05, 0.1) is 0 Å². The van der Waals surface area contributed by atoms with Crippen LogP contribution in [0.4, 0.5) is 0 Å². The number of alkyl halides is 1. The van der Waals surface area contributed by atoms with Crippen LogP contribution in [0.25, 0.3) is 0 Å². The normalized spacial score (nSPS) is 9.85. The van der Waals surface area contributed by atoms with E-state index in [1.165, 1.54) is 11.9 Å². The summed E-state index contributed by atoms with van der Waals surface area (Å²) in [5.41, 5.74) is 2.69. The molecule has 2 rings (SSSR count). The quantitative estimate of drug-likeness (QED) is 0.630. The molecule has 0 N–H and O–H groups in total. The van der Waals surface area contributed by atoms with Gasteiger partial charge in [-0.1, -0.05) is 54.6 Å². The van der Waals surface area contributed by atoms with Crippen LogP contribution >= 0.6 is 11.6 Å². The van der Waals surface area contributed by atoms with Gasteiger partial charge < -0.3 is 4.90 Å². The summed E-state index contributed by atoms with van der Waals surface area (Å²) in [5, 5.41) is 0. The molecule has 0 saturated carbocycles. The van der Waals surface area contributed by atoms with E-state index in [0.29, 0.717) is 0 Å². The summed E-state index contributed by atoms with van der Waals surface area (Å²) < 4.78 is 0. The van der Waals surface area contributed by atoms with Crippen molar-refractivity contribution in [2.24, 2.45) is 0 Å². The molecule has 20 heavy (non-hydrogen) atoms. The molecular formula is C17H20ClNO. The molecule has 2 nitrogen and oxygen atoms in total. The van der Waals surface area contributed by atoms with Crippen molar-refractivity contribution in [3.63, 3.8) is 0 Å². The summed E-state index contributed by atoms with van der Waals surface area (Å²) in [6, 6.07) is 17.2. The van der Waals surface area contributed by atoms with Crippen LogP contribution < -0.4 is 0 Å². The fourth-order valence-corrected chi connectivity index (χ4v) is 1.88. The van der Waals surface area contributed by atoms with E-state index in [9.17, 15) is 4.79 Å². The molecule has 2 aromatic carbocycles. The minimum atomic E-state index is 0.0759. The zero-order chi connectivity index (χ0) is 15.0. The van der Waals surface area contributed by atoms with Gasteiger partial charge in [-0.15, -0.1) is 11.6 Å². The van der Waals surface area contributed by atoms with E-state index in [-0.39, 0.29) is 5.78 Å². The summed E-state index contributed by atoms with van der Waals surface area (Å²) in [5.74, 6) is 0.0759. The van der Waals surface area contributed by atoms with Gasteiger partial charge in [0.15, 0.2) is 5.78 Å². The van der Waals surface area contributed by atoms with Crippen molar-refractivity contribution in [2.75, 3.05) is 20.5 Å². The van der Waals surface area contributed by atoms with Crippen LogP contribution in [-0.4, -0.2) is 31.2 Å². The third-order valence-corrected chi connectivity index (χ3v) is 2.75. The lowest BCUT2D eigenvalue weighted by atomic mass is 10.0. The number of rotatable bonds is 4. The monoisotopic (exact) mass is 289 g/mol. The lowest BCUT2D eigenvalue weighted by molar-refractivity contribution is 0.103. The Labute approximate surface area is 126 Å². The molecule has 3 heteroatoms. The first-order valence-corrected chi connectivity index (χ1v) is 7.13. The molecular weight excluding hydrogens is 270 g/mol. The fraction of sp³-hybridized carbons (Fsp3) is 0.235. The van der Waals surface area contributed by atoms with Crippen molar-refractivity contribution in [3.8, 4) is 0 Å². The SMILES string of the molecule is CCl.CN(C)Cc1ccc(C(=O)c2ccccc2)cc1. The van der Waals surface area contributed by atoms with E-state index in [4.69, 9.17) is 0 Å². The molecule has 0 aliphatic carbocycles. The maximum atomic E-state index is 12.2. The molecule has 0 unspecified atom stereocenters. The Bertz CT molecular complexity index is 520. The maximum Gasteiger partial charge on any atom is 0.193 e. The molecule has 0 heterocycles. The van der Waals surface area contributed by atoms with Gasteiger partial charge in [-0.25, -0.2) is 0 Å². The van der Waals surface area contributed by atoms with Gasteiger partial charge in [0, 0.05) is 24.1 Å². The Kier molecular flexibility index (Phi) is 6.99. The van der Waals surface area contributed by atoms with Crippen LogP contribution in [0.5, 0.6) is 0 Å². The largest absolute Gasteiger partial charge is 0.305 e. The first-order chi connectivity index (χ1) is 9.66. The third kappa shape index (κ3) is 4.80. The molecule has 0 bridgehead atoms. The lowest BCUT2D eigenvalue weighted by Crippen LogP contribution is -2.10. The van der Waals surface area contributed by atoms with Crippen LogP contribution in [0.3, 0.4) is 0 Å². The number of carbonyl (C=O) groups excluding carboxylic acids is 1. The van der Waals surface area contributed by atoms with Crippen molar-refractivity contribution in [1.29, 1.82) is 0 Å². The topological polar surface area (TPSA) is 20.3 Å². The third-order valence-electron chi connectivity index (χ3n) is 2.75. The van der Waals surface area contributed by atoms with Gasteiger partial charge in [-0.2, -0.15) is 0 Å². The molecule has 0 spiro atoms. The molecule has 106 valence electrons. The highest BCUT2D eigenvalue weighted by Crippen LogP contribution is 2.11. The van der Waals surface area contributed by atoms with Crippen LogP contribution in [0.1, 0.15) is 21.5 Å². The highest BCUT2D eigenvalue weighted by Gasteiger charge is 2.07. The Morgan fingerprint density at radius 3 is 1.90 bits per heavy atom. The minimum Gasteiger partial charge on any atom is -0.305 e. The molecule has 0 amide bonds. The van der Waals surface area contributed by atoms with Gasteiger partial charge in [-0.05, 0) is 19.7 Å². The molecule has 0 saturated heterocycles. The highest BCUT2D eigenvalue weighted by atomic mass is 35.5. The van der Waals surface area contributed by atoms with Crippen molar-refractivity contribution < 1.29 is 4.79 Å². The first-order valence-electron chi connectivity index (χ1n) is 6.38. The smallest absolute Gasteiger partial charge is 0.193 e. The number of benzene rings is 2. The molecule has 0 radical (unpaired) electrons. The summed E-state index contributed by atoms with van der Waals surface area (Å²) in [4.78, 5) is 14.3. The fourth-order valence-electron chi connectivity index (χ4n) is 1.88. The Balaban J connectivity index is 0.000000956. The van der Waals surface area contributed by atoms with Crippen molar-refractivity contribution in [3.05, 3.63) is 71.3 Å². The summed E-state index contributed by atoms with van der Waals surface area (Å²) >= 11 is 4.64. The zero-order valence-corrected chi connectivity index (χ0v) is 12.9. The minimum absolute atomic E-state index is 0.0759. The van der Waals surface area contributed by atoms with Gasteiger partial charge >= 0.3 is 0 Å². The molecule has 0 aromatic heterocycles. The summed E-state index contributed by atoms with van der Waals surface area (Å²) in [6.45, 7) is 0.889. The number of carbonyl (C=O) groups is 1. The summed E-state index contributed by atoms with van der Waals surface area (Å²) in [6.07, 6.45) is 1.47. The van der Waals surface area contributed by atoms with Gasteiger partial charge in [0.25, 0.3) is 0 Å². The number of halogens is 1. The van der Waals surface area contributed by atoms with Gasteiger partial charge in [-0.3, -0.25) is 4.79 Å². The first kappa shape index (κ1) is 16.4. The second-order valence-corrected chi connectivity index (χ2v) is 4.63. The second-order valence-electron chi connectivity index (χ2n) is 4.63. The zero-order valence-electron chi connectivity index (χ0n) is 12.1. The van der Waals surface area contributed by atoms with Crippen LogP contribution in [0.15, 0.2) is 54.6 Å². The number of ketones is 1. The lowest BCUT2D eigenvalue weighted by Gasteiger charge is -2.09. The molecule has 0 aliphatic heterocycles. The van der Waals surface area contributed by atoms with Crippen LogP contribution in [-0.2, 0) is 6.54 Å². The van der Waals surface area contributed by atoms with Gasteiger partial charge in [0.2, 0.25) is 0 Å². The van der Waals surface area contributed by atoms with E-state index in [2.05, 4.69) is 16.5 Å². The molecule has 0 fully saturated rings. The van der Waals surface area contributed by atoms with Crippen LogP contribution in [0, 0.1) is 0 Å².